The highest BCUT2D eigenvalue weighted by Gasteiger charge is 2.26. The molecule has 0 saturated heterocycles. The summed E-state index contributed by atoms with van der Waals surface area (Å²) in [6, 6.07) is 8.35. The largest absolute Gasteiger partial charge is 0.360 e. The van der Waals surface area contributed by atoms with E-state index in [9.17, 15) is 4.79 Å². The molecule has 1 aliphatic rings. The molecule has 4 aromatic rings. The Balaban J connectivity index is 1.65. The molecular weight excluding hydrogens is 352 g/mol. The molecule has 0 spiro atoms. The molecule has 1 unspecified atom stereocenters. The predicted molar refractivity (Wildman–Crippen MR) is 110 cm³/mol. The van der Waals surface area contributed by atoms with Gasteiger partial charge in [-0.15, -0.1) is 0 Å². The average molecular weight is 374 g/mol. The number of hydrogen-bond acceptors (Lipinski definition) is 5. The van der Waals surface area contributed by atoms with Crippen molar-refractivity contribution < 1.29 is 0 Å². The first kappa shape index (κ1) is 16.9. The lowest BCUT2D eigenvalue weighted by Gasteiger charge is -2.32. The fraction of sp³-hybridized carbons (Fsp3) is 0.333. The Morgan fingerprint density at radius 3 is 2.89 bits per heavy atom. The Labute approximate surface area is 161 Å². The predicted octanol–water partition coefficient (Wildman–Crippen LogP) is 3.87. The highest BCUT2D eigenvalue weighted by molar-refractivity contribution is 5.85. The summed E-state index contributed by atoms with van der Waals surface area (Å²) < 4.78 is 2.00. The SMILES string of the molecule is Cc1cccc2cc(C(C)Nc3ncnc4nc[nH]c34)n(C3CCC3)c(=O)c12. The van der Waals surface area contributed by atoms with Crippen molar-refractivity contribution in [1.29, 1.82) is 0 Å². The maximum atomic E-state index is 13.4. The van der Waals surface area contributed by atoms with Crippen molar-refractivity contribution in [3.8, 4) is 0 Å². The molecule has 5 rings (SSSR count). The lowest BCUT2D eigenvalue weighted by molar-refractivity contribution is 0.298. The van der Waals surface area contributed by atoms with Crippen LogP contribution < -0.4 is 10.9 Å². The third-order valence-corrected chi connectivity index (χ3v) is 5.78. The topological polar surface area (TPSA) is 88.5 Å². The van der Waals surface area contributed by atoms with Gasteiger partial charge in [-0.3, -0.25) is 4.79 Å². The molecule has 142 valence electrons. The molecule has 1 fully saturated rings. The number of pyridine rings is 1. The molecule has 2 N–H and O–H groups in total. The number of aromatic nitrogens is 5. The normalized spacial score (nSPS) is 15.6. The summed E-state index contributed by atoms with van der Waals surface area (Å²) in [6.07, 6.45) is 6.38. The van der Waals surface area contributed by atoms with Gasteiger partial charge in [-0.2, -0.15) is 0 Å². The Morgan fingerprint density at radius 1 is 1.25 bits per heavy atom. The van der Waals surface area contributed by atoms with Gasteiger partial charge in [-0.1, -0.05) is 18.2 Å². The first-order valence-corrected chi connectivity index (χ1v) is 9.69. The van der Waals surface area contributed by atoms with Crippen LogP contribution in [0.25, 0.3) is 21.9 Å². The van der Waals surface area contributed by atoms with Crippen LogP contribution in [0.15, 0.2) is 41.7 Å². The van der Waals surface area contributed by atoms with Crippen molar-refractivity contribution in [2.75, 3.05) is 5.32 Å². The fourth-order valence-electron chi connectivity index (χ4n) is 4.08. The number of rotatable bonds is 4. The quantitative estimate of drug-likeness (QED) is 0.566. The fourth-order valence-corrected chi connectivity index (χ4v) is 4.08. The Kier molecular flexibility index (Phi) is 3.89. The molecule has 3 aromatic heterocycles. The molecule has 3 heterocycles. The molecule has 1 saturated carbocycles. The minimum absolute atomic E-state index is 0.0976. The number of nitrogens with zero attached hydrogens (tertiary/aromatic N) is 4. The molecule has 0 amide bonds. The van der Waals surface area contributed by atoms with E-state index in [1.165, 1.54) is 12.7 Å². The molecular formula is C21H22N6O. The molecule has 0 radical (unpaired) electrons. The van der Waals surface area contributed by atoms with E-state index in [1.54, 1.807) is 6.33 Å². The minimum atomic E-state index is -0.0976. The molecule has 28 heavy (non-hydrogen) atoms. The van der Waals surface area contributed by atoms with Crippen LogP contribution in [0.4, 0.5) is 5.82 Å². The summed E-state index contributed by atoms with van der Waals surface area (Å²) in [4.78, 5) is 29.2. The Morgan fingerprint density at radius 2 is 2.11 bits per heavy atom. The third-order valence-electron chi connectivity index (χ3n) is 5.78. The first-order valence-electron chi connectivity index (χ1n) is 9.69. The summed E-state index contributed by atoms with van der Waals surface area (Å²) in [6.45, 7) is 4.07. The average Bonchev–Trinajstić information content (AvgIpc) is 3.12. The third kappa shape index (κ3) is 2.58. The van der Waals surface area contributed by atoms with Gasteiger partial charge in [-0.05, 0) is 50.1 Å². The van der Waals surface area contributed by atoms with Crippen molar-refractivity contribution in [1.82, 2.24) is 24.5 Å². The molecule has 1 aromatic carbocycles. The van der Waals surface area contributed by atoms with Gasteiger partial charge in [0, 0.05) is 11.7 Å². The van der Waals surface area contributed by atoms with E-state index in [-0.39, 0.29) is 17.6 Å². The van der Waals surface area contributed by atoms with E-state index in [0.29, 0.717) is 11.5 Å². The number of nitrogens with one attached hydrogen (secondary N) is 2. The monoisotopic (exact) mass is 374 g/mol. The molecule has 7 nitrogen and oxygen atoms in total. The second-order valence-corrected chi connectivity index (χ2v) is 7.56. The van der Waals surface area contributed by atoms with Gasteiger partial charge in [0.1, 0.15) is 11.8 Å². The number of aromatic amines is 1. The lowest BCUT2D eigenvalue weighted by atomic mass is 9.91. The van der Waals surface area contributed by atoms with Gasteiger partial charge in [0.25, 0.3) is 5.56 Å². The Bertz CT molecular complexity index is 1240. The number of H-pyrrole nitrogens is 1. The van der Waals surface area contributed by atoms with Crippen LogP contribution >= 0.6 is 0 Å². The Hall–Kier alpha value is -3.22. The van der Waals surface area contributed by atoms with Crippen molar-refractivity contribution in [3.05, 3.63) is 58.5 Å². The van der Waals surface area contributed by atoms with Crippen LogP contribution in [0.3, 0.4) is 0 Å². The number of hydrogen-bond donors (Lipinski definition) is 2. The highest BCUT2D eigenvalue weighted by Crippen LogP contribution is 2.34. The molecule has 0 aliphatic heterocycles. The van der Waals surface area contributed by atoms with Gasteiger partial charge in [-0.25, -0.2) is 15.0 Å². The van der Waals surface area contributed by atoms with E-state index in [4.69, 9.17) is 0 Å². The van der Waals surface area contributed by atoms with Crippen LogP contribution in [0.5, 0.6) is 0 Å². The van der Waals surface area contributed by atoms with E-state index >= 15 is 0 Å². The zero-order valence-electron chi connectivity index (χ0n) is 15.9. The number of benzene rings is 1. The van der Waals surface area contributed by atoms with E-state index < -0.39 is 0 Å². The molecule has 1 aliphatic carbocycles. The number of fused-ring (bicyclic) bond motifs is 2. The zero-order valence-corrected chi connectivity index (χ0v) is 15.9. The summed E-state index contributed by atoms with van der Waals surface area (Å²) in [5.41, 5.74) is 3.51. The maximum Gasteiger partial charge on any atom is 0.259 e. The van der Waals surface area contributed by atoms with E-state index in [2.05, 4.69) is 38.2 Å². The van der Waals surface area contributed by atoms with Crippen molar-refractivity contribution in [2.24, 2.45) is 0 Å². The summed E-state index contributed by atoms with van der Waals surface area (Å²) in [5.74, 6) is 0.687. The first-order chi connectivity index (χ1) is 13.6. The van der Waals surface area contributed by atoms with Gasteiger partial charge in [0.05, 0.1) is 17.8 Å². The highest BCUT2D eigenvalue weighted by atomic mass is 16.1. The van der Waals surface area contributed by atoms with Crippen LogP contribution in [0.2, 0.25) is 0 Å². The van der Waals surface area contributed by atoms with Crippen molar-refractivity contribution in [2.45, 2.75) is 45.2 Å². The number of aryl methyl sites for hydroxylation is 1. The van der Waals surface area contributed by atoms with E-state index in [1.807, 2.05) is 29.7 Å². The van der Waals surface area contributed by atoms with Crippen molar-refractivity contribution in [3.63, 3.8) is 0 Å². The molecule has 7 heteroatoms. The zero-order chi connectivity index (χ0) is 19.3. The van der Waals surface area contributed by atoms with Gasteiger partial charge in [0.2, 0.25) is 0 Å². The van der Waals surface area contributed by atoms with Crippen LogP contribution in [-0.4, -0.2) is 24.5 Å². The van der Waals surface area contributed by atoms with Gasteiger partial charge < -0.3 is 14.9 Å². The lowest BCUT2D eigenvalue weighted by Crippen LogP contribution is -2.33. The smallest absolute Gasteiger partial charge is 0.259 e. The molecule has 1 atom stereocenters. The van der Waals surface area contributed by atoms with Crippen LogP contribution in [0, 0.1) is 6.92 Å². The van der Waals surface area contributed by atoms with Gasteiger partial charge >= 0.3 is 0 Å². The number of anilines is 1. The van der Waals surface area contributed by atoms with Gasteiger partial charge in [0.15, 0.2) is 11.5 Å². The summed E-state index contributed by atoms with van der Waals surface area (Å²) in [5, 5.41) is 5.26. The maximum absolute atomic E-state index is 13.4. The number of imidazole rings is 1. The summed E-state index contributed by atoms with van der Waals surface area (Å²) >= 11 is 0. The summed E-state index contributed by atoms with van der Waals surface area (Å²) in [7, 11) is 0. The van der Waals surface area contributed by atoms with Crippen LogP contribution in [0.1, 0.15) is 49.5 Å². The second kappa shape index (κ2) is 6.44. The van der Waals surface area contributed by atoms with Crippen LogP contribution in [-0.2, 0) is 0 Å². The van der Waals surface area contributed by atoms with Crippen molar-refractivity contribution >= 4 is 27.8 Å². The molecule has 0 bridgehead atoms. The second-order valence-electron chi connectivity index (χ2n) is 7.56. The minimum Gasteiger partial charge on any atom is -0.360 e. The standard InChI is InChI=1S/C21H22N6O/c1-12-5-3-6-14-9-16(27(15-7-4-8-15)21(28)17(12)14)13(2)26-20-18-19(23-10-22-18)24-11-25-20/h3,5-6,9-11,13,15H,4,7-8H2,1-2H3,(H2,22,23,24,25,26). The van der Waals surface area contributed by atoms with E-state index in [0.717, 1.165) is 40.4 Å².